The number of carbonyl (C=O) groups is 1. The van der Waals surface area contributed by atoms with E-state index in [9.17, 15) is 4.79 Å². The summed E-state index contributed by atoms with van der Waals surface area (Å²) in [5.41, 5.74) is 9.03. The maximum atomic E-state index is 12.8. The molecule has 2 N–H and O–H groups in total. The van der Waals surface area contributed by atoms with E-state index in [0.717, 1.165) is 16.8 Å². The lowest BCUT2D eigenvalue weighted by molar-refractivity contribution is 0.00756. The molecule has 0 unspecified atom stereocenters. The van der Waals surface area contributed by atoms with Gasteiger partial charge < -0.3 is 19.9 Å². The van der Waals surface area contributed by atoms with Crippen molar-refractivity contribution in [3.05, 3.63) is 96.3 Å². The average Bonchev–Trinajstić information content (AvgIpc) is 3.68. The van der Waals surface area contributed by atoms with Gasteiger partial charge in [0.1, 0.15) is 23.3 Å². The van der Waals surface area contributed by atoms with Gasteiger partial charge in [-0.1, -0.05) is 65.9 Å². The molecular weight excluding hydrogens is 544 g/mol. The minimum Gasteiger partial charge on any atom is -0.444 e. The third-order valence-electron chi connectivity index (χ3n) is 7.55. The molecule has 0 aliphatic carbocycles. The first-order valence-corrected chi connectivity index (χ1v) is 14.4. The summed E-state index contributed by atoms with van der Waals surface area (Å²) in [6.45, 7) is 8.59. The number of fused-ring (bicyclic) bond motifs is 1. The molecule has 0 saturated carbocycles. The molecule has 0 bridgehead atoms. The van der Waals surface area contributed by atoms with Crippen LogP contribution in [0.2, 0.25) is 0 Å². The fourth-order valence-electron chi connectivity index (χ4n) is 5.59. The van der Waals surface area contributed by atoms with Crippen LogP contribution >= 0.6 is 0 Å². The zero-order chi connectivity index (χ0) is 30.0. The molecule has 43 heavy (non-hydrogen) atoms. The summed E-state index contributed by atoms with van der Waals surface area (Å²) < 4.78 is 9.46. The molecule has 2 aromatic carbocycles. The molecule has 222 valence electrons. The summed E-state index contributed by atoms with van der Waals surface area (Å²) in [7, 11) is 0. The molecule has 1 amide bonds. The molecule has 2 atom stereocenters. The van der Waals surface area contributed by atoms with Crippen molar-refractivity contribution in [1.29, 1.82) is 0 Å². The molecule has 12 nitrogen and oxygen atoms in total. The quantitative estimate of drug-likeness (QED) is 0.304. The van der Waals surface area contributed by atoms with E-state index in [2.05, 4.69) is 66.6 Å². The summed E-state index contributed by atoms with van der Waals surface area (Å²) >= 11 is 0. The van der Waals surface area contributed by atoms with Gasteiger partial charge in [-0.05, 0) is 31.9 Å². The highest BCUT2D eigenvalue weighted by Crippen LogP contribution is 2.37. The molecule has 12 heteroatoms. The third-order valence-corrected chi connectivity index (χ3v) is 7.55. The monoisotopic (exact) mass is 580 g/mol. The highest BCUT2D eigenvalue weighted by Gasteiger charge is 2.36. The second-order valence-corrected chi connectivity index (χ2v) is 11.7. The van der Waals surface area contributed by atoms with Gasteiger partial charge in [-0.25, -0.2) is 24.4 Å². The average molecular weight is 581 g/mol. The Hall–Kier alpha value is -4.84. The predicted molar refractivity (Wildman–Crippen MR) is 161 cm³/mol. The van der Waals surface area contributed by atoms with E-state index in [4.69, 9.17) is 10.5 Å². The molecule has 1 aromatic heterocycles. The Labute approximate surface area is 250 Å². The Balaban J connectivity index is 1.32. The van der Waals surface area contributed by atoms with Crippen LogP contribution in [0.15, 0.2) is 79.5 Å². The van der Waals surface area contributed by atoms with Gasteiger partial charge in [0.05, 0.1) is 31.2 Å². The van der Waals surface area contributed by atoms with E-state index in [-0.39, 0.29) is 18.2 Å². The van der Waals surface area contributed by atoms with Crippen LogP contribution in [0.1, 0.15) is 49.7 Å². The van der Waals surface area contributed by atoms with Gasteiger partial charge in [0.25, 0.3) is 0 Å². The SMILES string of the molecule is CC(C)(C)OC(=O)N1CCN([C@@H](c2ccccc2)[C@@H](c2ccccc2)n2cc(Cn3cnc(N)c4ncnc3-4)nn2)CC1. The predicted octanol–water partition coefficient (Wildman–Crippen LogP) is 3.88. The molecule has 0 radical (unpaired) electrons. The second-order valence-electron chi connectivity index (χ2n) is 11.7. The minimum absolute atomic E-state index is 0.0718. The highest BCUT2D eigenvalue weighted by molar-refractivity contribution is 5.68. The lowest BCUT2D eigenvalue weighted by atomic mass is 9.91. The maximum absolute atomic E-state index is 12.8. The number of piperazine rings is 1. The fourth-order valence-corrected chi connectivity index (χ4v) is 5.59. The molecule has 1 saturated heterocycles. The van der Waals surface area contributed by atoms with Crippen LogP contribution in [0.5, 0.6) is 0 Å². The standard InChI is InChI=1S/C31H36N10O2/c1-31(2,3)43-30(42)39-16-14-38(15-17-39)26(22-10-6-4-7-11-22)27(23-12-8-5-9-13-23)41-19-24(36-37-41)18-40-21-35-28(32)25-29(40)34-20-33-25/h4-13,19-21,26-27H,14-18,32H2,1-3H3/t26-,27+/m0/s1. The number of amides is 1. The van der Waals surface area contributed by atoms with Gasteiger partial charge in [0.2, 0.25) is 0 Å². The number of carbonyl (C=O) groups excluding carboxylic acids is 1. The van der Waals surface area contributed by atoms with E-state index in [1.165, 1.54) is 6.33 Å². The maximum Gasteiger partial charge on any atom is 0.410 e. The lowest BCUT2D eigenvalue weighted by Gasteiger charge is -2.42. The normalized spacial score (nSPS) is 15.8. The Bertz CT molecular complexity index is 1620. The fraction of sp³-hybridized carbons (Fsp3) is 0.355. The van der Waals surface area contributed by atoms with Gasteiger partial charge in [-0.3, -0.25) is 4.90 Å². The number of nitrogens with zero attached hydrogens (tertiary/aromatic N) is 9. The number of hydrogen-bond donors (Lipinski definition) is 1. The van der Waals surface area contributed by atoms with Crippen molar-refractivity contribution in [2.45, 2.75) is 45.0 Å². The first-order valence-electron chi connectivity index (χ1n) is 14.4. The number of hydrogen-bond acceptors (Lipinski definition) is 9. The van der Waals surface area contributed by atoms with Crippen molar-refractivity contribution >= 4 is 11.9 Å². The second kappa shape index (κ2) is 11.8. The van der Waals surface area contributed by atoms with Crippen LogP contribution < -0.4 is 5.73 Å². The summed E-state index contributed by atoms with van der Waals surface area (Å²) in [6.07, 6.45) is 4.84. The zero-order valence-electron chi connectivity index (χ0n) is 24.6. The minimum atomic E-state index is -0.536. The van der Waals surface area contributed by atoms with Gasteiger partial charge in [0, 0.05) is 26.2 Å². The molecule has 4 heterocycles. The number of nitrogen functional groups attached to an aromatic ring is 1. The molecule has 3 aromatic rings. The molecule has 1 fully saturated rings. The van der Waals surface area contributed by atoms with Gasteiger partial charge in [-0.2, -0.15) is 0 Å². The van der Waals surface area contributed by atoms with Crippen molar-refractivity contribution in [3.8, 4) is 11.5 Å². The molecule has 3 aliphatic heterocycles. The largest absolute Gasteiger partial charge is 0.444 e. The lowest BCUT2D eigenvalue weighted by Crippen LogP contribution is -2.52. The van der Waals surface area contributed by atoms with Gasteiger partial charge >= 0.3 is 6.09 Å². The van der Waals surface area contributed by atoms with Crippen LogP contribution in [-0.2, 0) is 11.3 Å². The number of anilines is 1. The van der Waals surface area contributed by atoms with Crippen LogP contribution in [0.25, 0.3) is 11.5 Å². The number of benzene rings is 2. The van der Waals surface area contributed by atoms with E-state index in [1.54, 1.807) is 11.2 Å². The summed E-state index contributed by atoms with van der Waals surface area (Å²) in [6, 6.07) is 20.5. The van der Waals surface area contributed by atoms with Crippen molar-refractivity contribution in [3.63, 3.8) is 0 Å². The summed E-state index contributed by atoms with van der Waals surface area (Å²) in [5, 5.41) is 9.22. The number of aromatic nitrogens is 7. The van der Waals surface area contributed by atoms with Crippen LogP contribution in [-0.4, -0.2) is 82.2 Å². The zero-order valence-corrected chi connectivity index (χ0v) is 24.6. The van der Waals surface area contributed by atoms with Crippen molar-refractivity contribution in [2.24, 2.45) is 0 Å². The molecule has 0 spiro atoms. The van der Waals surface area contributed by atoms with Crippen molar-refractivity contribution in [1.82, 2.24) is 44.3 Å². The Morgan fingerprint density at radius 2 is 1.56 bits per heavy atom. The van der Waals surface area contributed by atoms with Crippen molar-refractivity contribution in [2.75, 3.05) is 31.9 Å². The van der Waals surface area contributed by atoms with Crippen molar-refractivity contribution < 1.29 is 9.53 Å². The smallest absolute Gasteiger partial charge is 0.410 e. The van der Waals surface area contributed by atoms with Crippen LogP contribution in [0.4, 0.5) is 10.6 Å². The van der Waals surface area contributed by atoms with Gasteiger partial charge in [-0.15, -0.1) is 5.10 Å². The number of nitrogens with two attached hydrogens (primary N) is 1. The van der Waals surface area contributed by atoms with E-state index in [1.807, 2.05) is 60.5 Å². The number of imidazole rings is 1. The Kier molecular flexibility index (Phi) is 7.76. The Morgan fingerprint density at radius 3 is 2.21 bits per heavy atom. The number of rotatable bonds is 7. The number of ether oxygens (including phenoxy) is 1. The van der Waals surface area contributed by atoms with E-state index >= 15 is 0 Å². The first kappa shape index (κ1) is 28.3. The van der Waals surface area contributed by atoms with E-state index < -0.39 is 5.60 Å². The Morgan fingerprint density at radius 1 is 0.907 bits per heavy atom. The first-order chi connectivity index (χ1) is 20.8. The van der Waals surface area contributed by atoms with Crippen LogP contribution in [0, 0.1) is 0 Å². The third kappa shape index (κ3) is 6.19. The summed E-state index contributed by atoms with van der Waals surface area (Å²) in [5.74, 6) is 0.987. The van der Waals surface area contributed by atoms with Crippen LogP contribution in [0.3, 0.4) is 0 Å². The molecule has 3 aliphatic rings. The topological polar surface area (TPSA) is 133 Å². The summed E-state index contributed by atoms with van der Waals surface area (Å²) in [4.78, 5) is 29.9. The van der Waals surface area contributed by atoms with E-state index in [0.29, 0.717) is 50.1 Å². The highest BCUT2D eigenvalue weighted by atomic mass is 16.6. The molecular formula is C31H36N10O2. The van der Waals surface area contributed by atoms with Gasteiger partial charge in [0.15, 0.2) is 11.6 Å². The molecule has 6 rings (SSSR count).